The summed E-state index contributed by atoms with van der Waals surface area (Å²) in [4.78, 5) is 12.7. The van der Waals surface area contributed by atoms with Crippen molar-refractivity contribution in [3.8, 4) is 5.75 Å². The van der Waals surface area contributed by atoms with Gasteiger partial charge in [-0.05, 0) is 77.7 Å². The number of rotatable bonds is 9. The normalized spacial score (nSPS) is 12.6. The van der Waals surface area contributed by atoms with Crippen LogP contribution in [0.25, 0.3) is 0 Å². The Bertz CT molecular complexity index is 944. The molecule has 0 aliphatic heterocycles. The van der Waals surface area contributed by atoms with Crippen LogP contribution in [0.2, 0.25) is 0 Å². The first-order valence-electron chi connectivity index (χ1n) is 9.48. The number of carbonyl (C=O) groups excluding carboxylic acids is 1. The molecule has 0 heterocycles. The predicted molar refractivity (Wildman–Crippen MR) is 119 cm³/mol. The molecular weight excluding hydrogens is 456 g/mol. The van der Waals surface area contributed by atoms with Gasteiger partial charge in [-0.1, -0.05) is 20.8 Å². The zero-order chi connectivity index (χ0) is 21.6. The molecule has 2 aromatic rings. The van der Waals surface area contributed by atoms with Gasteiger partial charge in [0.2, 0.25) is 10.0 Å². The highest BCUT2D eigenvalue weighted by Crippen LogP contribution is 2.27. The van der Waals surface area contributed by atoms with Gasteiger partial charge in [-0.25, -0.2) is 13.1 Å². The minimum atomic E-state index is -3.57. The van der Waals surface area contributed by atoms with Crippen LogP contribution in [0.5, 0.6) is 5.75 Å². The number of carbonyl (C=O) groups is 1. The van der Waals surface area contributed by atoms with Gasteiger partial charge >= 0.3 is 0 Å². The monoisotopic (exact) mass is 482 g/mol. The Hall–Kier alpha value is -1.90. The van der Waals surface area contributed by atoms with Gasteiger partial charge in [-0.3, -0.25) is 4.79 Å². The Morgan fingerprint density at radius 2 is 1.76 bits per heavy atom. The standard InChI is InChI=1S/C21H27BrN2O4S/c1-5-15(4)24-29(26,27)18-9-7-17(8-10-18)23-21(25)16-6-11-20(19(22)12-16)28-13-14(2)3/h6-12,14-15,24H,5,13H2,1-4H3,(H,23,25). The first-order chi connectivity index (χ1) is 13.6. The van der Waals surface area contributed by atoms with E-state index in [1.54, 1.807) is 30.3 Å². The summed E-state index contributed by atoms with van der Waals surface area (Å²) >= 11 is 3.43. The smallest absolute Gasteiger partial charge is 0.255 e. The van der Waals surface area contributed by atoms with E-state index in [1.807, 2.05) is 13.8 Å². The average molecular weight is 483 g/mol. The van der Waals surface area contributed by atoms with Crippen molar-refractivity contribution >= 4 is 37.5 Å². The lowest BCUT2D eigenvalue weighted by Crippen LogP contribution is -2.31. The van der Waals surface area contributed by atoms with Gasteiger partial charge in [0.1, 0.15) is 5.75 Å². The Morgan fingerprint density at radius 1 is 1.10 bits per heavy atom. The molecule has 2 N–H and O–H groups in total. The zero-order valence-electron chi connectivity index (χ0n) is 17.0. The van der Waals surface area contributed by atoms with Crippen LogP contribution in [-0.4, -0.2) is 27.0 Å². The predicted octanol–water partition coefficient (Wildman–Crippen LogP) is 4.81. The molecule has 0 aliphatic carbocycles. The van der Waals surface area contributed by atoms with Crippen molar-refractivity contribution in [3.63, 3.8) is 0 Å². The van der Waals surface area contributed by atoms with Gasteiger partial charge in [0.15, 0.2) is 0 Å². The quantitative estimate of drug-likeness (QED) is 0.536. The van der Waals surface area contributed by atoms with E-state index in [9.17, 15) is 13.2 Å². The lowest BCUT2D eigenvalue weighted by atomic mass is 10.2. The number of halogens is 1. The highest BCUT2D eigenvalue weighted by Gasteiger charge is 2.17. The van der Waals surface area contributed by atoms with E-state index in [0.717, 1.165) is 0 Å². The maximum atomic E-state index is 12.5. The fraction of sp³-hybridized carbons (Fsp3) is 0.381. The highest BCUT2D eigenvalue weighted by atomic mass is 79.9. The summed E-state index contributed by atoms with van der Waals surface area (Å²) in [5, 5.41) is 2.77. The largest absolute Gasteiger partial charge is 0.492 e. The van der Waals surface area contributed by atoms with Crippen molar-refractivity contribution in [1.29, 1.82) is 0 Å². The maximum Gasteiger partial charge on any atom is 0.255 e. The third-order valence-corrected chi connectivity index (χ3v) is 6.38. The molecule has 0 aliphatic rings. The summed E-state index contributed by atoms with van der Waals surface area (Å²) in [6.45, 7) is 8.43. The number of nitrogens with one attached hydrogen (secondary N) is 2. The minimum absolute atomic E-state index is 0.148. The van der Waals surface area contributed by atoms with Crippen molar-refractivity contribution in [2.45, 2.75) is 45.1 Å². The van der Waals surface area contributed by atoms with Gasteiger partial charge in [-0.15, -0.1) is 0 Å². The number of anilines is 1. The topological polar surface area (TPSA) is 84.5 Å². The number of sulfonamides is 1. The summed E-state index contributed by atoms with van der Waals surface area (Å²) < 4.78 is 33.6. The van der Waals surface area contributed by atoms with Crippen molar-refractivity contribution in [3.05, 3.63) is 52.5 Å². The molecule has 1 atom stereocenters. The van der Waals surface area contributed by atoms with Crippen LogP contribution in [0, 0.1) is 5.92 Å². The third-order valence-electron chi connectivity index (χ3n) is 4.16. The van der Waals surface area contributed by atoms with E-state index in [0.29, 0.717) is 40.4 Å². The molecule has 0 bridgehead atoms. The summed E-state index contributed by atoms with van der Waals surface area (Å²) in [5.74, 6) is 0.783. The minimum Gasteiger partial charge on any atom is -0.492 e. The van der Waals surface area contributed by atoms with Crippen LogP contribution < -0.4 is 14.8 Å². The van der Waals surface area contributed by atoms with Crippen LogP contribution >= 0.6 is 15.9 Å². The molecule has 0 radical (unpaired) electrons. The molecule has 0 saturated carbocycles. The Morgan fingerprint density at radius 3 is 2.31 bits per heavy atom. The molecule has 1 unspecified atom stereocenters. The van der Waals surface area contributed by atoms with Gasteiger partial charge < -0.3 is 10.1 Å². The van der Waals surface area contributed by atoms with Crippen LogP contribution in [0.15, 0.2) is 51.8 Å². The summed E-state index contributed by atoms with van der Waals surface area (Å²) in [7, 11) is -3.57. The van der Waals surface area contributed by atoms with E-state index >= 15 is 0 Å². The Labute approximate surface area is 181 Å². The third kappa shape index (κ3) is 6.83. The summed E-state index contributed by atoms with van der Waals surface area (Å²) in [6, 6.07) is 11.1. The van der Waals surface area contributed by atoms with Gasteiger partial charge in [0.05, 0.1) is 16.0 Å². The summed E-state index contributed by atoms with van der Waals surface area (Å²) in [5.41, 5.74) is 0.970. The molecule has 6 nitrogen and oxygen atoms in total. The van der Waals surface area contributed by atoms with E-state index < -0.39 is 10.0 Å². The molecule has 8 heteroatoms. The van der Waals surface area contributed by atoms with Crippen LogP contribution in [0.3, 0.4) is 0 Å². The molecule has 158 valence electrons. The lowest BCUT2D eigenvalue weighted by molar-refractivity contribution is 0.102. The number of ether oxygens (including phenoxy) is 1. The van der Waals surface area contributed by atoms with Crippen LogP contribution in [0.4, 0.5) is 5.69 Å². The van der Waals surface area contributed by atoms with Crippen molar-refractivity contribution in [1.82, 2.24) is 4.72 Å². The highest BCUT2D eigenvalue weighted by molar-refractivity contribution is 9.10. The second-order valence-electron chi connectivity index (χ2n) is 7.26. The number of hydrogen-bond acceptors (Lipinski definition) is 4. The van der Waals surface area contributed by atoms with Gasteiger partial charge in [0, 0.05) is 17.3 Å². The van der Waals surface area contributed by atoms with Gasteiger partial charge in [0.25, 0.3) is 5.91 Å². The maximum absolute atomic E-state index is 12.5. The van der Waals surface area contributed by atoms with Crippen molar-refractivity contribution in [2.75, 3.05) is 11.9 Å². The molecule has 0 spiro atoms. The molecular formula is C21H27BrN2O4S. The average Bonchev–Trinajstić information content (AvgIpc) is 2.66. The van der Waals surface area contributed by atoms with E-state index in [2.05, 4.69) is 39.8 Å². The number of amides is 1. The molecule has 0 saturated heterocycles. The van der Waals surface area contributed by atoms with Crippen molar-refractivity contribution in [2.24, 2.45) is 5.92 Å². The zero-order valence-corrected chi connectivity index (χ0v) is 19.4. The first-order valence-corrected chi connectivity index (χ1v) is 11.8. The van der Waals surface area contributed by atoms with Gasteiger partial charge in [-0.2, -0.15) is 0 Å². The fourth-order valence-electron chi connectivity index (χ4n) is 2.35. The molecule has 2 aromatic carbocycles. The number of benzene rings is 2. The molecule has 29 heavy (non-hydrogen) atoms. The SMILES string of the molecule is CCC(C)NS(=O)(=O)c1ccc(NC(=O)c2ccc(OCC(C)C)c(Br)c2)cc1. The van der Waals surface area contributed by atoms with Crippen LogP contribution in [0.1, 0.15) is 44.5 Å². The molecule has 2 rings (SSSR count). The second-order valence-corrected chi connectivity index (χ2v) is 9.83. The Balaban J connectivity index is 2.06. The number of hydrogen-bond donors (Lipinski definition) is 2. The Kier molecular flexibility index (Phi) is 8.24. The molecule has 1 amide bonds. The van der Waals surface area contributed by atoms with E-state index in [4.69, 9.17) is 4.74 Å². The first kappa shape index (κ1) is 23.4. The fourth-order valence-corrected chi connectivity index (χ4v) is 4.17. The molecule has 0 fully saturated rings. The second kappa shape index (κ2) is 10.2. The lowest BCUT2D eigenvalue weighted by Gasteiger charge is -2.13. The van der Waals surface area contributed by atoms with Crippen LogP contribution in [-0.2, 0) is 10.0 Å². The van der Waals surface area contributed by atoms with E-state index in [-0.39, 0.29) is 16.8 Å². The van der Waals surface area contributed by atoms with Crippen molar-refractivity contribution < 1.29 is 17.9 Å². The van der Waals surface area contributed by atoms with E-state index in [1.165, 1.54) is 12.1 Å². The summed E-state index contributed by atoms with van der Waals surface area (Å²) in [6.07, 6.45) is 0.699. The molecule has 0 aromatic heterocycles.